The zero-order valence-electron chi connectivity index (χ0n) is 14.3. The lowest BCUT2D eigenvalue weighted by Crippen LogP contribution is -2.39. The molecule has 1 atom stereocenters. The van der Waals surface area contributed by atoms with Gasteiger partial charge in [0, 0.05) is 23.7 Å². The molecule has 0 aliphatic carbocycles. The minimum atomic E-state index is -0.0213. The van der Waals surface area contributed by atoms with Crippen LogP contribution in [0.1, 0.15) is 34.5 Å². The molecule has 1 heterocycles. The Kier molecular flexibility index (Phi) is 6.08. The number of carbonyl (C=O) groups excluding carboxylic acids is 1. The maximum absolute atomic E-state index is 11.2. The van der Waals surface area contributed by atoms with Gasteiger partial charge in [-0.2, -0.15) is 0 Å². The van der Waals surface area contributed by atoms with E-state index in [0.29, 0.717) is 30.4 Å². The first-order valence-electron chi connectivity index (χ1n) is 8.52. The van der Waals surface area contributed by atoms with Crippen LogP contribution in [-0.2, 0) is 4.74 Å². The highest BCUT2D eigenvalue weighted by Crippen LogP contribution is 2.35. The van der Waals surface area contributed by atoms with Crippen LogP contribution in [0.15, 0.2) is 42.5 Å². The summed E-state index contributed by atoms with van der Waals surface area (Å²) in [7, 11) is 0. The molecule has 25 heavy (non-hydrogen) atoms. The van der Waals surface area contributed by atoms with Crippen molar-refractivity contribution in [1.82, 2.24) is 4.90 Å². The SMILES string of the molecule is CCOc1ccc(C(c2cc(C=O)ccc2Cl)N2CCOCC2)cc1. The molecule has 1 saturated heterocycles. The summed E-state index contributed by atoms with van der Waals surface area (Å²) in [5.74, 6) is 0.847. The van der Waals surface area contributed by atoms with E-state index in [1.54, 1.807) is 12.1 Å². The van der Waals surface area contributed by atoms with Crippen LogP contribution in [0, 0.1) is 0 Å². The van der Waals surface area contributed by atoms with E-state index < -0.39 is 0 Å². The quantitative estimate of drug-likeness (QED) is 0.731. The van der Waals surface area contributed by atoms with Crippen molar-refractivity contribution in [1.29, 1.82) is 0 Å². The Morgan fingerprint density at radius 2 is 1.92 bits per heavy atom. The van der Waals surface area contributed by atoms with Gasteiger partial charge >= 0.3 is 0 Å². The molecule has 1 aliphatic rings. The predicted molar refractivity (Wildman–Crippen MR) is 98.7 cm³/mol. The molecule has 1 aliphatic heterocycles. The minimum Gasteiger partial charge on any atom is -0.494 e. The van der Waals surface area contributed by atoms with E-state index in [4.69, 9.17) is 21.1 Å². The highest BCUT2D eigenvalue weighted by molar-refractivity contribution is 6.31. The van der Waals surface area contributed by atoms with Crippen molar-refractivity contribution >= 4 is 17.9 Å². The lowest BCUT2D eigenvalue weighted by molar-refractivity contribution is 0.0239. The van der Waals surface area contributed by atoms with Gasteiger partial charge < -0.3 is 9.47 Å². The van der Waals surface area contributed by atoms with E-state index in [9.17, 15) is 4.79 Å². The van der Waals surface area contributed by atoms with Crippen LogP contribution in [-0.4, -0.2) is 44.1 Å². The summed E-state index contributed by atoms with van der Waals surface area (Å²) >= 11 is 6.50. The fourth-order valence-corrected chi connectivity index (χ4v) is 3.40. The van der Waals surface area contributed by atoms with E-state index >= 15 is 0 Å². The molecule has 0 N–H and O–H groups in total. The monoisotopic (exact) mass is 359 g/mol. The average molecular weight is 360 g/mol. The van der Waals surface area contributed by atoms with Gasteiger partial charge in [-0.1, -0.05) is 29.8 Å². The maximum Gasteiger partial charge on any atom is 0.150 e. The van der Waals surface area contributed by atoms with Crippen LogP contribution in [0.4, 0.5) is 0 Å². The first-order chi connectivity index (χ1) is 12.2. The molecule has 5 heteroatoms. The molecule has 0 aromatic heterocycles. The zero-order valence-corrected chi connectivity index (χ0v) is 15.0. The molecular weight excluding hydrogens is 338 g/mol. The van der Waals surface area contributed by atoms with Gasteiger partial charge in [0.2, 0.25) is 0 Å². The second kappa shape index (κ2) is 8.48. The van der Waals surface area contributed by atoms with Crippen molar-refractivity contribution in [3.8, 4) is 5.75 Å². The summed E-state index contributed by atoms with van der Waals surface area (Å²) in [4.78, 5) is 13.6. The molecule has 2 aromatic rings. The third-order valence-electron chi connectivity index (χ3n) is 4.37. The van der Waals surface area contributed by atoms with E-state index in [2.05, 4.69) is 17.0 Å². The zero-order chi connectivity index (χ0) is 17.6. The number of hydrogen-bond acceptors (Lipinski definition) is 4. The minimum absolute atomic E-state index is 0.0213. The van der Waals surface area contributed by atoms with Gasteiger partial charge in [0.25, 0.3) is 0 Å². The first-order valence-corrected chi connectivity index (χ1v) is 8.90. The van der Waals surface area contributed by atoms with Crippen molar-refractivity contribution < 1.29 is 14.3 Å². The van der Waals surface area contributed by atoms with Crippen LogP contribution >= 0.6 is 11.6 Å². The third kappa shape index (κ3) is 4.21. The van der Waals surface area contributed by atoms with Crippen LogP contribution < -0.4 is 4.74 Å². The number of halogens is 1. The van der Waals surface area contributed by atoms with Crippen molar-refractivity contribution in [3.05, 3.63) is 64.2 Å². The Hall–Kier alpha value is -1.88. The largest absolute Gasteiger partial charge is 0.494 e. The molecule has 0 amide bonds. The number of morpholine rings is 1. The van der Waals surface area contributed by atoms with Crippen molar-refractivity contribution in [3.63, 3.8) is 0 Å². The lowest BCUT2D eigenvalue weighted by Gasteiger charge is -2.35. The van der Waals surface area contributed by atoms with E-state index in [0.717, 1.165) is 36.3 Å². The van der Waals surface area contributed by atoms with Crippen LogP contribution in [0.3, 0.4) is 0 Å². The van der Waals surface area contributed by atoms with Crippen LogP contribution in [0.5, 0.6) is 5.75 Å². The molecular formula is C20H22ClNO3. The molecule has 3 rings (SSSR count). The third-order valence-corrected chi connectivity index (χ3v) is 4.71. The highest BCUT2D eigenvalue weighted by Gasteiger charge is 2.26. The Balaban J connectivity index is 2.01. The average Bonchev–Trinajstić information content (AvgIpc) is 2.66. The summed E-state index contributed by atoms with van der Waals surface area (Å²) in [5, 5.41) is 0.663. The molecule has 0 spiro atoms. The van der Waals surface area contributed by atoms with Crippen molar-refractivity contribution in [2.45, 2.75) is 13.0 Å². The maximum atomic E-state index is 11.2. The number of aldehydes is 1. The van der Waals surface area contributed by atoms with Gasteiger partial charge in [0.05, 0.1) is 25.9 Å². The summed E-state index contributed by atoms with van der Waals surface area (Å²) < 4.78 is 11.0. The van der Waals surface area contributed by atoms with Crippen molar-refractivity contribution in [2.75, 3.05) is 32.9 Å². The van der Waals surface area contributed by atoms with Gasteiger partial charge in [-0.05, 0) is 42.3 Å². The molecule has 1 unspecified atom stereocenters. The predicted octanol–water partition coefficient (Wildman–Crippen LogP) is 3.97. The van der Waals surface area contributed by atoms with Gasteiger partial charge in [-0.15, -0.1) is 0 Å². The second-order valence-electron chi connectivity index (χ2n) is 5.95. The molecule has 0 bridgehead atoms. The van der Waals surface area contributed by atoms with Gasteiger partial charge in [0.1, 0.15) is 12.0 Å². The Morgan fingerprint density at radius 1 is 1.20 bits per heavy atom. The number of carbonyl (C=O) groups is 1. The summed E-state index contributed by atoms with van der Waals surface area (Å²) in [5.41, 5.74) is 2.69. The van der Waals surface area contributed by atoms with E-state index in [1.807, 2.05) is 25.1 Å². The molecule has 2 aromatic carbocycles. The van der Waals surface area contributed by atoms with E-state index in [-0.39, 0.29) is 6.04 Å². The number of nitrogens with zero attached hydrogens (tertiary/aromatic N) is 1. The van der Waals surface area contributed by atoms with Gasteiger partial charge in [-0.25, -0.2) is 0 Å². The lowest BCUT2D eigenvalue weighted by atomic mass is 9.95. The molecule has 1 fully saturated rings. The van der Waals surface area contributed by atoms with Crippen LogP contribution in [0.25, 0.3) is 0 Å². The number of rotatable bonds is 6. The topological polar surface area (TPSA) is 38.8 Å². The summed E-state index contributed by atoms with van der Waals surface area (Å²) in [6.45, 7) is 5.63. The van der Waals surface area contributed by atoms with E-state index in [1.165, 1.54) is 0 Å². The fourth-order valence-electron chi connectivity index (χ4n) is 3.18. The summed E-state index contributed by atoms with van der Waals surface area (Å²) in [6.07, 6.45) is 0.856. The first kappa shape index (κ1) is 17.9. The number of ether oxygens (including phenoxy) is 2. The standard InChI is InChI=1S/C20H22ClNO3/c1-2-25-17-6-4-16(5-7-17)20(22-9-11-24-12-10-22)18-13-15(14-23)3-8-19(18)21/h3-8,13-14,20H,2,9-12H2,1H3. The summed E-state index contributed by atoms with van der Waals surface area (Å²) in [6, 6.07) is 13.5. The number of hydrogen-bond donors (Lipinski definition) is 0. The number of benzene rings is 2. The van der Waals surface area contributed by atoms with Gasteiger partial charge in [0.15, 0.2) is 0 Å². The molecule has 0 saturated carbocycles. The van der Waals surface area contributed by atoms with Crippen LogP contribution in [0.2, 0.25) is 5.02 Å². The highest BCUT2D eigenvalue weighted by atomic mass is 35.5. The van der Waals surface area contributed by atoms with Crippen molar-refractivity contribution in [2.24, 2.45) is 0 Å². The molecule has 0 radical (unpaired) electrons. The normalized spacial score (nSPS) is 16.4. The Bertz CT molecular complexity index is 711. The smallest absolute Gasteiger partial charge is 0.150 e. The Labute approximate surface area is 153 Å². The van der Waals surface area contributed by atoms with Gasteiger partial charge in [-0.3, -0.25) is 9.69 Å². The fraction of sp³-hybridized carbons (Fsp3) is 0.350. The second-order valence-corrected chi connectivity index (χ2v) is 6.36. The molecule has 132 valence electrons. The molecule has 4 nitrogen and oxygen atoms in total. The Morgan fingerprint density at radius 3 is 2.56 bits per heavy atom.